The van der Waals surface area contributed by atoms with Crippen LogP contribution in [0.5, 0.6) is 0 Å². The van der Waals surface area contributed by atoms with Gasteiger partial charge in [-0.05, 0) is 68.5 Å². The van der Waals surface area contributed by atoms with Gasteiger partial charge in [0.1, 0.15) is 6.04 Å². The first-order valence-electron chi connectivity index (χ1n) is 11.1. The number of aryl methyl sites for hydroxylation is 3. The van der Waals surface area contributed by atoms with Crippen LogP contribution in [-0.4, -0.2) is 51.0 Å². The third kappa shape index (κ3) is 7.05. The fourth-order valence-corrected chi connectivity index (χ4v) is 4.60. The van der Waals surface area contributed by atoms with Gasteiger partial charge in [0.05, 0.1) is 11.9 Å². The number of rotatable bonds is 10. The topological polar surface area (TPSA) is 86.8 Å². The smallest absolute Gasteiger partial charge is 0.242 e. The van der Waals surface area contributed by atoms with E-state index in [-0.39, 0.29) is 24.8 Å². The van der Waals surface area contributed by atoms with Crippen molar-refractivity contribution in [3.05, 3.63) is 64.7 Å². The first-order valence-corrected chi connectivity index (χ1v) is 12.9. The van der Waals surface area contributed by atoms with Crippen LogP contribution in [0.4, 0.5) is 5.69 Å². The molecule has 1 N–H and O–H groups in total. The molecule has 0 unspecified atom stereocenters. The summed E-state index contributed by atoms with van der Waals surface area (Å²) in [7, 11) is -1.96. The van der Waals surface area contributed by atoms with E-state index >= 15 is 0 Å². The molecular formula is C25H35N3O4S. The second-order valence-corrected chi connectivity index (χ2v) is 10.4. The van der Waals surface area contributed by atoms with Gasteiger partial charge in [0.2, 0.25) is 21.8 Å². The zero-order chi connectivity index (χ0) is 24.8. The average Bonchev–Trinajstić information content (AvgIpc) is 2.76. The van der Waals surface area contributed by atoms with Crippen molar-refractivity contribution in [2.24, 2.45) is 0 Å². The Kier molecular flexibility index (Phi) is 9.05. The van der Waals surface area contributed by atoms with E-state index in [2.05, 4.69) is 5.32 Å². The Labute approximate surface area is 197 Å². The molecule has 0 saturated heterocycles. The van der Waals surface area contributed by atoms with Crippen molar-refractivity contribution >= 4 is 27.5 Å². The molecule has 0 bridgehead atoms. The fraction of sp³-hybridized carbons (Fsp3) is 0.440. The van der Waals surface area contributed by atoms with Crippen molar-refractivity contribution in [3.63, 3.8) is 0 Å². The highest BCUT2D eigenvalue weighted by molar-refractivity contribution is 7.92. The number of nitrogens with one attached hydrogen (secondary N) is 1. The number of carbonyl (C=O) groups excluding carboxylic acids is 2. The predicted octanol–water partition coefficient (Wildman–Crippen LogP) is 3.32. The van der Waals surface area contributed by atoms with Crippen LogP contribution in [0.1, 0.15) is 42.0 Å². The van der Waals surface area contributed by atoms with Crippen molar-refractivity contribution < 1.29 is 18.0 Å². The highest BCUT2D eigenvalue weighted by Gasteiger charge is 2.26. The lowest BCUT2D eigenvalue weighted by Crippen LogP contribution is -2.47. The molecule has 0 spiro atoms. The summed E-state index contributed by atoms with van der Waals surface area (Å²) in [5.41, 5.74) is 4.67. The molecule has 0 aliphatic rings. The highest BCUT2D eigenvalue weighted by Crippen LogP contribution is 2.22. The summed E-state index contributed by atoms with van der Waals surface area (Å²) in [4.78, 5) is 27.0. The van der Waals surface area contributed by atoms with Crippen LogP contribution in [0.3, 0.4) is 0 Å². The zero-order valence-electron chi connectivity index (χ0n) is 20.4. The van der Waals surface area contributed by atoms with Gasteiger partial charge in [-0.1, -0.05) is 30.3 Å². The number of carbonyl (C=O) groups is 2. The third-order valence-corrected chi connectivity index (χ3v) is 7.14. The highest BCUT2D eigenvalue weighted by atomic mass is 32.2. The number of nitrogens with zero attached hydrogens (tertiary/aromatic N) is 2. The van der Waals surface area contributed by atoms with Gasteiger partial charge >= 0.3 is 0 Å². The van der Waals surface area contributed by atoms with E-state index in [1.165, 1.54) is 10.6 Å². The van der Waals surface area contributed by atoms with Crippen molar-refractivity contribution in [2.45, 2.75) is 53.1 Å². The van der Waals surface area contributed by atoms with Crippen LogP contribution < -0.4 is 9.62 Å². The minimum atomic E-state index is -3.51. The number of anilines is 1. The summed E-state index contributed by atoms with van der Waals surface area (Å²) in [5, 5.41) is 2.61. The molecule has 2 aromatic carbocycles. The van der Waals surface area contributed by atoms with Gasteiger partial charge in [-0.2, -0.15) is 0 Å². The maximum Gasteiger partial charge on any atom is 0.242 e. The number of sulfonamides is 1. The second-order valence-electron chi connectivity index (χ2n) is 8.45. The maximum atomic E-state index is 13.2. The molecule has 0 fully saturated rings. The van der Waals surface area contributed by atoms with Crippen LogP contribution in [0, 0.1) is 20.8 Å². The molecule has 180 valence electrons. The Morgan fingerprint density at radius 3 is 2.24 bits per heavy atom. The SMILES string of the molecule is CNC(=O)[C@H](C)N(Cc1ccccc1C)C(=O)CCCN(c1ccc(C)c(C)c1)S(C)(=O)=O. The van der Waals surface area contributed by atoms with E-state index in [4.69, 9.17) is 0 Å². The van der Waals surface area contributed by atoms with E-state index < -0.39 is 16.1 Å². The molecule has 0 radical (unpaired) electrons. The number of amides is 2. The average molecular weight is 474 g/mol. The van der Waals surface area contributed by atoms with Gasteiger partial charge in [-0.25, -0.2) is 8.42 Å². The summed E-state index contributed by atoms with van der Waals surface area (Å²) in [6.07, 6.45) is 1.63. The Balaban J connectivity index is 2.17. The van der Waals surface area contributed by atoms with Crippen LogP contribution >= 0.6 is 0 Å². The number of hydrogen-bond donors (Lipinski definition) is 1. The lowest BCUT2D eigenvalue weighted by Gasteiger charge is -2.29. The van der Waals surface area contributed by atoms with Gasteiger partial charge in [0.15, 0.2) is 0 Å². The molecular weight excluding hydrogens is 438 g/mol. The molecule has 2 amide bonds. The van der Waals surface area contributed by atoms with Crippen molar-refractivity contribution in [1.82, 2.24) is 10.2 Å². The first-order chi connectivity index (χ1) is 15.5. The number of likely N-dealkylation sites (N-methyl/N-ethyl adjacent to an activating group) is 1. The van der Waals surface area contributed by atoms with Crippen LogP contribution in [0.2, 0.25) is 0 Å². The molecule has 8 heteroatoms. The molecule has 0 aromatic heterocycles. The lowest BCUT2D eigenvalue weighted by atomic mass is 10.1. The molecule has 0 saturated carbocycles. The van der Waals surface area contributed by atoms with E-state index in [0.717, 1.165) is 22.3 Å². The van der Waals surface area contributed by atoms with E-state index in [9.17, 15) is 18.0 Å². The van der Waals surface area contributed by atoms with Gasteiger partial charge in [0.25, 0.3) is 0 Å². The normalized spacial score (nSPS) is 12.2. The molecule has 33 heavy (non-hydrogen) atoms. The minimum Gasteiger partial charge on any atom is -0.357 e. The van der Waals surface area contributed by atoms with Gasteiger partial charge in [-0.3, -0.25) is 13.9 Å². The Hall–Kier alpha value is -2.87. The predicted molar refractivity (Wildman–Crippen MR) is 133 cm³/mol. The van der Waals surface area contributed by atoms with Crippen molar-refractivity contribution in [1.29, 1.82) is 0 Å². The van der Waals surface area contributed by atoms with E-state index in [1.54, 1.807) is 24.9 Å². The zero-order valence-corrected chi connectivity index (χ0v) is 21.2. The quantitative estimate of drug-likeness (QED) is 0.574. The molecule has 0 heterocycles. The van der Waals surface area contributed by atoms with E-state index in [0.29, 0.717) is 18.7 Å². The van der Waals surface area contributed by atoms with Crippen LogP contribution in [-0.2, 0) is 26.2 Å². The fourth-order valence-electron chi connectivity index (χ4n) is 3.65. The Bertz CT molecular complexity index is 1100. The van der Waals surface area contributed by atoms with Gasteiger partial charge in [-0.15, -0.1) is 0 Å². The summed E-state index contributed by atoms with van der Waals surface area (Å²) in [6.45, 7) is 8.07. The van der Waals surface area contributed by atoms with Gasteiger partial charge < -0.3 is 10.2 Å². The Morgan fingerprint density at radius 1 is 1.00 bits per heavy atom. The second kappa shape index (κ2) is 11.3. The Morgan fingerprint density at radius 2 is 1.67 bits per heavy atom. The van der Waals surface area contributed by atoms with E-state index in [1.807, 2.05) is 57.2 Å². The lowest BCUT2D eigenvalue weighted by molar-refractivity contribution is -0.140. The number of benzene rings is 2. The molecule has 1 atom stereocenters. The molecule has 2 rings (SSSR count). The molecule has 0 aliphatic carbocycles. The van der Waals surface area contributed by atoms with Crippen LogP contribution in [0.15, 0.2) is 42.5 Å². The summed E-state index contributed by atoms with van der Waals surface area (Å²) in [5.74, 6) is -0.437. The van der Waals surface area contributed by atoms with Crippen molar-refractivity contribution in [3.8, 4) is 0 Å². The molecule has 0 aliphatic heterocycles. The maximum absolute atomic E-state index is 13.2. The van der Waals surface area contributed by atoms with Gasteiger partial charge in [0, 0.05) is 26.6 Å². The molecule has 7 nitrogen and oxygen atoms in total. The standard InChI is InChI=1S/C25H35N3O4S/c1-18-13-14-23(16-20(18)3)28(33(6,31)32)15-9-12-24(29)27(21(4)25(30)26-5)17-22-11-8-7-10-19(22)2/h7-8,10-11,13-14,16,21H,9,12,15,17H2,1-6H3,(H,26,30)/t21-/m0/s1. The first kappa shape index (κ1) is 26.4. The monoisotopic (exact) mass is 473 g/mol. The summed E-state index contributed by atoms with van der Waals surface area (Å²) >= 11 is 0. The van der Waals surface area contributed by atoms with Crippen LogP contribution in [0.25, 0.3) is 0 Å². The minimum absolute atomic E-state index is 0.129. The molecule has 2 aromatic rings. The summed E-state index contributed by atoms with van der Waals surface area (Å²) < 4.78 is 26.2. The third-order valence-electron chi connectivity index (χ3n) is 5.95. The summed E-state index contributed by atoms with van der Waals surface area (Å²) in [6, 6.07) is 12.6. The number of hydrogen-bond acceptors (Lipinski definition) is 4. The largest absolute Gasteiger partial charge is 0.357 e. The van der Waals surface area contributed by atoms with Crippen molar-refractivity contribution in [2.75, 3.05) is 24.2 Å².